The third-order valence-electron chi connectivity index (χ3n) is 6.56. The molecule has 39 heavy (non-hydrogen) atoms. The quantitative estimate of drug-likeness (QED) is 0.265. The summed E-state index contributed by atoms with van der Waals surface area (Å²) in [5.74, 6) is 0.869. The first-order valence-corrected chi connectivity index (χ1v) is 12.9. The number of nitrogens with zero attached hydrogens (tertiary/aromatic N) is 6. The van der Waals surface area contributed by atoms with Crippen LogP contribution in [0.2, 0.25) is 0 Å². The van der Waals surface area contributed by atoms with Crippen molar-refractivity contribution in [3.8, 4) is 22.0 Å². The highest BCUT2D eigenvalue weighted by Gasteiger charge is 2.39. The van der Waals surface area contributed by atoms with E-state index in [1.54, 1.807) is 12.3 Å². The van der Waals surface area contributed by atoms with E-state index in [4.69, 9.17) is 0 Å². The molecule has 0 saturated heterocycles. The minimum atomic E-state index is -4.48. The zero-order chi connectivity index (χ0) is 27.2. The highest BCUT2D eigenvalue weighted by molar-refractivity contribution is 7.15. The minimum Gasteiger partial charge on any atom is -0.378 e. The molecule has 0 bridgehead atoms. The zero-order valence-corrected chi connectivity index (χ0v) is 21.3. The second-order valence-electron chi connectivity index (χ2n) is 9.32. The number of rotatable bonds is 5. The van der Waals surface area contributed by atoms with Crippen molar-refractivity contribution in [1.29, 1.82) is 0 Å². The lowest BCUT2D eigenvalue weighted by atomic mass is 9.79. The molecule has 0 aliphatic heterocycles. The number of anilines is 2. The van der Waals surface area contributed by atoms with E-state index in [1.165, 1.54) is 11.3 Å². The van der Waals surface area contributed by atoms with E-state index >= 15 is 0 Å². The Hall–Kier alpha value is -4.23. The van der Waals surface area contributed by atoms with Crippen LogP contribution in [0.1, 0.15) is 40.1 Å². The molecule has 0 saturated carbocycles. The summed E-state index contributed by atoms with van der Waals surface area (Å²) in [5, 5.41) is 29.4. The second kappa shape index (κ2) is 9.50. The van der Waals surface area contributed by atoms with Crippen LogP contribution in [0.3, 0.4) is 0 Å². The van der Waals surface area contributed by atoms with Crippen LogP contribution in [0, 0.1) is 6.92 Å². The minimum absolute atomic E-state index is 0.0344. The van der Waals surface area contributed by atoms with E-state index in [9.17, 15) is 18.3 Å². The Morgan fingerprint density at radius 1 is 1.08 bits per heavy atom. The predicted molar refractivity (Wildman–Crippen MR) is 138 cm³/mol. The molecule has 1 atom stereocenters. The maximum atomic E-state index is 13.1. The van der Waals surface area contributed by atoms with Gasteiger partial charge in [0.1, 0.15) is 22.2 Å². The lowest BCUT2D eigenvalue weighted by Gasteiger charge is -2.33. The number of hydrogen-bond donors (Lipinski definition) is 3. The van der Waals surface area contributed by atoms with E-state index in [2.05, 4.69) is 40.9 Å². The Bertz CT molecular complexity index is 1650. The van der Waals surface area contributed by atoms with E-state index in [0.717, 1.165) is 58.3 Å². The Kier molecular flexibility index (Phi) is 6.11. The van der Waals surface area contributed by atoms with Crippen molar-refractivity contribution < 1.29 is 18.3 Å². The molecule has 4 aromatic heterocycles. The van der Waals surface area contributed by atoms with Crippen LogP contribution in [-0.2, 0) is 18.2 Å². The van der Waals surface area contributed by atoms with Gasteiger partial charge in [0.05, 0.1) is 16.1 Å². The fourth-order valence-corrected chi connectivity index (χ4v) is 5.78. The molecular formula is C26H21F3N8OS. The zero-order valence-electron chi connectivity index (χ0n) is 20.5. The topological polar surface area (TPSA) is 125 Å². The molecule has 5 aromatic rings. The van der Waals surface area contributed by atoms with Gasteiger partial charge in [-0.3, -0.25) is 0 Å². The van der Waals surface area contributed by atoms with Crippen LogP contribution < -0.4 is 5.32 Å². The molecule has 0 spiro atoms. The average Bonchev–Trinajstić information content (AvgIpc) is 3.61. The van der Waals surface area contributed by atoms with Gasteiger partial charge >= 0.3 is 6.18 Å². The summed E-state index contributed by atoms with van der Waals surface area (Å²) >= 11 is 1.33. The number of fused-ring (bicyclic) bond motifs is 1. The van der Waals surface area contributed by atoms with Gasteiger partial charge in [-0.15, -0.1) is 21.5 Å². The lowest BCUT2D eigenvalue weighted by Crippen LogP contribution is -2.31. The molecule has 1 aliphatic carbocycles. The molecule has 13 heteroatoms. The van der Waals surface area contributed by atoms with Crippen LogP contribution in [0.5, 0.6) is 0 Å². The Balaban J connectivity index is 1.30. The SMILES string of the molecule is Cc1cc(Nc2cc(C(F)(F)F)ccn2)nc(-c2cnc([C@]3(O)CCCc4cc(-c5nn[nH]n5)ccc43)s2)c1. The van der Waals surface area contributed by atoms with Crippen LogP contribution in [0.4, 0.5) is 24.8 Å². The fraction of sp³-hybridized carbons (Fsp3) is 0.231. The van der Waals surface area contributed by atoms with E-state index < -0.39 is 17.3 Å². The number of aromatic amines is 1. The maximum Gasteiger partial charge on any atom is 0.416 e. The van der Waals surface area contributed by atoms with Crippen molar-refractivity contribution >= 4 is 23.0 Å². The summed E-state index contributed by atoms with van der Waals surface area (Å²) in [4.78, 5) is 13.9. The van der Waals surface area contributed by atoms with Crippen molar-refractivity contribution in [2.75, 3.05) is 5.32 Å². The molecule has 0 fully saturated rings. The standard InChI is InChI=1S/C26H21F3N8OS/c1-14-9-19(32-22(10-14)33-21-12-17(6-8-30-21)26(27,28)29)20-13-31-24(39-20)25(38)7-2-3-15-11-16(4-5-18(15)25)23-34-36-37-35-23/h4-6,8-13,38H,2-3,7H2,1H3,(H,30,32,33)(H,34,35,36,37)/t25-/m0/s1. The molecule has 3 N–H and O–H groups in total. The molecule has 6 rings (SSSR count). The second-order valence-corrected chi connectivity index (χ2v) is 10.3. The van der Waals surface area contributed by atoms with Crippen LogP contribution in [0.25, 0.3) is 22.0 Å². The summed E-state index contributed by atoms with van der Waals surface area (Å²) < 4.78 is 39.3. The van der Waals surface area contributed by atoms with Crippen molar-refractivity contribution in [1.82, 2.24) is 35.6 Å². The van der Waals surface area contributed by atoms with E-state index in [0.29, 0.717) is 28.8 Å². The first kappa shape index (κ1) is 25.1. The number of aryl methyl sites for hydroxylation is 2. The Labute approximate surface area is 224 Å². The third-order valence-corrected chi connectivity index (χ3v) is 7.73. The Morgan fingerprint density at radius 2 is 1.95 bits per heavy atom. The highest BCUT2D eigenvalue weighted by atomic mass is 32.1. The molecule has 4 heterocycles. The highest BCUT2D eigenvalue weighted by Crippen LogP contribution is 2.44. The van der Waals surface area contributed by atoms with Crippen molar-refractivity contribution in [2.45, 2.75) is 38.0 Å². The normalized spacial score (nSPS) is 17.2. The number of tetrazole rings is 1. The number of H-pyrrole nitrogens is 1. The molecule has 0 amide bonds. The van der Waals surface area contributed by atoms with Gasteiger partial charge in [-0.1, -0.05) is 12.1 Å². The van der Waals surface area contributed by atoms with E-state index in [-0.39, 0.29) is 5.82 Å². The van der Waals surface area contributed by atoms with Gasteiger partial charge in [0.25, 0.3) is 0 Å². The fourth-order valence-electron chi connectivity index (χ4n) is 4.77. The molecule has 0 radical (unpaired) electrons. The monoisotopic (exact) mass is 550 g/mol. The number of pyridine rings is 2. The predicted octanol–water partition coefficient (Wildman–Crippen LogP) is 5.42. The number of aliphatic hydroxyl groups is 1. The number of hydrogen-bond acceptors (Lipinski definition) is 9. The van der Waals surface area contributed by atoms with Gasteiger partial charge < -0.3 is 10.4 Å². The summed E-state index contributed by atoms with van der Waals surface area (Å²) in [6.07, 6.45) is 0.383. The van der Waals surface area contributed by atoms with Crippen LogP contribution in [0.15, 0.2) is 54.9 Å². The molecule has 9 nitrogen and oxygen atoms in total. The molecule has 1 aliphatic rings. The van der Waals surface area contributed by atoms with Crippen molar-refractivity contribution in [2.24, 2.45) is 0 Å². The van der Waals surface area contributed by atoms with Crippen molar-refractivity contribution in [3.05, 3.63) is 82.1 Å². The number of thiazole rings is 1. The molecule has 198 valence electrons. The number of benzene rings is 1. The number of aromatic nitrogens is 7. The molecule has 1 aromatic carbocycles. The summed E-state index contributed by atoms with van der Waals surface area (Å²) in [6, 6.07) is 11.2. The van der Waals surface area contributed by atoms with Crippen LogP contribution in [-0.4, -0.2) is 40.7 Å². The smallest absolute Gasteiger partial charge is 0.378 e. The lowest BCUT2D eigenvalue weighted by molar-refractivity contribution is -0.137. The van der Waals surface area contributed by atoms with Crippen LogP contribution >= 0.6 is 11.3 Å². The van der Waals surface area contributed by atoms with E-state index in [1.807, 2.05) is 31.2 Å². The number of alkyl halides is 3. The first-order chi connectivity index (χ1) is 18.7. The molecule has 0 unspecified atom stereocenters. The third kappa shape index (κ3) is 4.86. The first-order valence-electron chi connectivity index (χ1n) is 12.0. The Morgan fingerprint density at radius 3 is 2.74 bits per heavy atom. The summed E-state index contributed by atoms with van der Waals surface area (Å²) in [6.45, 7) is 1.87. The largest absolute Gasteiger partial charge is 0.416 e. The number of nitrogens with one attached hydrogen (secondary N) is 2. The van der Waals surface area contributed by atoms with Gasteiger partial charge in [-0.05, 0) is 78.4 Å². The van der Waals surface area contributed by atoms with Gasteiger partial charge in [0, 0.05) is 18.0 Å². The van der Waals surface area contributed by atoms with Gasteiger partial charge in [-0.2, -0.15) is 18.4 Å². The maximum absolute atomic E-state index is 13.1. The summed E-state index contributed by atoms with van der Waals surface area (Å²) in [5.41, 5.74) is 1.96. The number of halogens is 3. The molecular weight excluding hydrogens is 529 g/mol. The average molecular weight is 551 g/mol. The van der Waals surface area contributed by atoms with Gasteiger partial charge in [-0.25, -0.2) is 15.0 Å². The van der Waals surface area contributed by atoms with Gasteiger partial charge in [0.15, 0.2) is 0 Å². The summed E-state index contributed by atoms with van der Waals surface area (Å²) in [7, 11) is 0. The van der Waals surface area contributed by atoms with Gasteiger partial charge in [0.2, 0.25) is 5.82 Å². The van der Waals surface area contributed by atoms with Crippen molar-refractivity contribution in [3.63, 3.8) is 0 Å².